The molecule has 0 radical (unpaired) electrons. The van der Waals surface area contributed by atoms with Gasteiger partial charge in [-0.2, -0.15) is 0 Å². The maximum absolute atomic E-state index is 12.8. The molecule has 0 N–H and O–H groups in total. The summed E-state index contributed by atoms with van der Waals surface area (Å²) in [5, 5.41) is 0.501. The Balaban J connectivity index is 1.68. The summed E-state index contributed by atoms with van der Waals surface area (Å²) in [5.74, 6) is 0.369. The number of amides is 3. The Labute approximate surface area is 163 Å². The maximum atomic E-state index is 12.8. The first-order chi connectivity index (χ1) is 12.7. The molecule has 0 atom stereocenters. The van der Waals surface area contributed by atoms with Crippen LogP contribution >= 0.6 is 11.6 Å². The highest BCUT2D eigenvalue weighted by Gasteiger charge is 2.41. The molecule has 2 heterocycles. The van der Waals surface area contributed by atoms with Gasteiger partial charge in [-0.1, -0.05) is 11.6 Å². The monoisotopic (exact) mass is 393 g/mol. The first kappa shape index (κ1) is 19.5. The van der Waals surface area contributed by atoms with Crippen molar-refractivity contribution in [3.63, 3.8) is 0 Å². The van der Waals surface area contributed by atoms with Gasteiger partial charge in [-0.3, -0.25) is 14.4 Å². The third-order valence-corrected chi connectivity index (χ3v) is 5.20. The first-order valence-corrected chi connectivity index (χ1v) is 9.40. The largest absolute Gasteiger partial charge is 0.476 e. The zero-order valence-corrected chi connectivity index (χ0v) is 16.6. The second-order valence-electron chi connectivity index (χ2n) is 7.32. The summed E-state index contributed by atoms with van der Waals surface area (Å²) in [5.41, 5.74) is -0.419. The van der Waals surface area contributed by atoms with Gasteiger partial charge in [0, 0.05) is 51.1 Å². The molecule has 146 valence electrons. The van der Waals surface area contributed by atoms with E-state index in [0.717, 1.165) is 0 Å². The molecule has 0 unspecified atom stereocenters. The number of carbonyl (C=O) groups is 3. The number of rotatable bonds is 3. The van der Waals surface area contributed by atoms with Crippen molar-refractivity contribution in [1.82, 2.24) is 9.80 Å². The van der Waals surface area contributed by atoms with E-state index in [0.29, 0.717) is 42.6 Å². The van der Waals surface area contributed by atoms with Crippen LogP contribution in [0.5, 0.6) is 5.75 Å². The quantitative estimate of drug-likeness (QED) is 0.786. The highest BCUT2D eigenvalue weighted by atomic mass is 35.5. The Hall–Kier alpha value is -2.28. The van der Waals surface area contributed by atoms with E-state index >= 15 is 0 Å². The molecule has 0 aliphatic carbocycles. The van der Waals surface area contributed by atoms with E-state index in [1.165, 1.54) is 6.92 Å². The molecule has 7 nitrogen and oxygen atoms in total. The number of hydrogen-bond acceptors (Lipinski definition) is 4. The van der Waals surface area contributed by atoms with Crippen molar-refractivity contribution < 1.29 is 19.1 Å². The van der Waals surface area contributed by atoms with Crippen molar-refractivity contribution in [1.29, 1.82) is 0 Å². The minimum absolute atomic E-state index is 0.0247. The summed E-state index contributed by atoms with van der Waals surface area (Å²) in [4.78, 5) is 41.9. The van der Waals surface area contributed by atoms with Gasteiger partial charge >= 0.3 is 0 Å². The van der Waals surface area contributed by atoms with Gasteiger partial charge < -0.3 is 19.4 Å². The lowest BCUT2D eigenvalue weighted by molar-refractivity contribution is -0.138. The van der Waals surface area contributed by atoms with E-state index in [2.05, 4.69) is 0 Å². The van der Waals surface area contributed by atoms with E-state index in [-0.39, 0.29) is 30.7 Å². The van der Waals surface area contributed by atoms with Crippen LogP contribution in [0.4, 0.5) is 5.69 Å². The van der Waals surface area contributed by atoms with Crippen molar-refractivity contribution in [3.8, 4) is 5.75 Å². The van der Waals surface area contributed by atoms with Crippen LogP contribution in [-0.4, -0.2) is 65.8 Å². The normalized spacial score (nSPS) is 18.8. The van der Waals surface area contributed by atoms with E-state index in [4.69, 9.17) is 16.3 Å². The highest BCUT2D eigenvalue weighted by molar-refractivity contribution is 6.31. The molecule has 0 aromatic heterocycles. The lowest BCUT2D eigenvalue weighted by Crippen LogP contribution is -2.54. The van der Waals surface area contributed by atoms with Crippen LogP contribution in [0.2, 0.25) is 5.02 Å². The van der Waals surface area contributed by atoms with Crippen LogP contribution in [0.25, 0.3) is 0 Å². The Morgan fingerprint density at radius 1 is 1.15 bits per heavy atom. The number of anilines is 1. The number of halogens is 1. The fraction of sp³-hybridized carbons (Fsp3) is 0.526. The number of benzene rings is 1. The SMILES string of the molecule is CC(=O)N1CCN(C(=O)CCN2C(=O)C(C)(C)Oc3ccc(Cl)cc32)CC1. The molecule has 2 aliphatic heterocycles. The third-order valence-electron chi connectivity index (χ3n) is 4.96. The first-order valence-electron chi connectivity index (χ1n) is 9.03. The molecule has 0 bridgehead atoms. The topological polar surface area (TPSA) is 70.2 Å². The molecule has 2 aliphatic rings. The number of hydrogen-bond donors (Lipinski definition) is 0. The zero-order chi connectivity index (χ0) is 19.8. The predicted octanol–water partition coefficient (Wildman–Crippen LogP) is 1.92. The maximum Gasteiger partial charge on any atom is 0.270 e. The smallest absolute Gasteiger partial charge is 0.270 e. The van der Waals surface area contributed by atoms with Crippen LogP contribution in [-0.2, 0) is 14.4 Å². The molecule has 0 saturated carbocycles. The Bertz CT molecular complexity index is 772. The van der Waals surface area contributed by atoms with Gasteiger partial charge in [0.2, 0.25) is 11.8 Å². The van der Waals surface area contributed by atoms with Crippen molar-refractivity contribution >= 4 is 35.0 Å². The van der Waals surface area contributed by atoms with E-state index < -0.39 is 5.60 Å². The Morgan fingerprint density at radius 3 is 2.41 bits per heavy atom. The number of ether oxygens (including phenoxy) is 1. The average molecular weight is 394 g/mol. The molecule has 27 heavy (non-hydrogen) atoms. The van der Waals surface area contributed by atoms with Crippen LogP contribution < -0.4 is 9.64 Å². The summed E-state index contributed by atoms with van der Waals surface area (Å²) < 4.78 is 5.79. The highest BCUT2D eigenvalue weighted by Crippen LogP contribution is 2.39. The summed E-state index contributed by atoms with van der Waals surface area (Å²) in [6.45, 7) is 7.33. The van der Waals surface area contributed by atoms with Gasteiger partial charge in [0.15, 0.2) is 5.60 Å². The lowest BCUT2D eigenvalue weighted by atomic mass is 10.0. The Morgan fingerprint density at radius 2 is 1.78 bits per heavy atom. The lowest BCUT2D eigenvalue weighted by Gasteiger charge is -2.39. The fourth-order valence-electron chi connectivity index (χ4n) is 3.40. The van der Waals surface area contributed by atoms with Gasteiger partial charge in [0.05, 0.1) is 5.69 Å². The van der Waals surface area contributed by atoms with E-state index in [1.807, 2.05) is 0 Å². The summed E-state index contributed by atoms with van der Waals surface area (Å²) in [6.07, 6.45) is 0.202. The van der Waals surface area contributed by atoms with E-state index in [9.17, 15) is 14.4 Å². The molecule has 8 heteroatoms. The second-order valence-corrected chi connectivity index (χ2v) is 7.75. The van der Waals surface area contributed by atoms with Gasteiger partial charge in [-0.05, 0) is 32.0 Å². The molecule has 3 rings (SSSR count). The second kappa shape index (κ2) is 7.38. The number of nitrogens with zero attached hydrogens (tertiary/aromatic N) is 3. The van der Waals surface area contributed by atoms with Gasteiger partial charge in [0.1, 0.15) is 5.75 Å². The van der Waals surface area contributed by atoms with Crippen molar-refractivity contribution in [3.05, 3.63) is 23.2 Å². The van der Waals surface area contributed by atoms with Gasteiger partial charge in [-0.25, -0.2) is 0 Å². The molecule has 1 fully saturated rings. The van der Waals surface area contributed by atoms with Crippen molar-refractivity contribution in [2.75, 3.05) is 37.6 Å². The molecular weight excluding hydrogens is 370 g/mol. The zero-order valence-electron chi connectivity index (χ0n) is 15.8. The molecule has 1 aromatic rings. The van der Waals surface area contributed by atoms with E-state index in [1.54, 1.807) is 46.7 Å². The summed E-state index contributed by atoms with van der Waals surface area (Å²) in [7, 11) is 0. The van der Waals surface area contributed by atoms with Crippen LogP contribution in [0.15, 0.2) is 18.2 Å². The average Bonchev–Trinajstić information content (AvgIpc) is 2.62. The molecule has 1 aromatic carbocycles. The van der Waals surface area contributed by atoms with Crippen molar-refractivity contribution in [2.45, 2.75) is 32.8 Å². The predicted molar refractivity (Wildman–Crippen MR) is 102 cm³/mol. The number of fused-ring (bicyclic) bond motifs is 1. The summed E-state index contributed by atoms with van der Waals surface area (Å²) >= 11 is 6.08. The molecular formula is C19H24ClN3O4. The molecule has 3 amide bonds. The van der Waals surface area contributed by atoms with Crippen LogP contribution in [0.1, 0.15) is 27.2 Å². The summed E-state index contributed by atoms with van der Waals surface area (Å²) in [6, 6.07) is 5.13. The minimum atomic E-state index is -1.00. The minimum Gasteiger partial charge on any atom is -0.476 e. The third kappa shape index (κ3) is 4.03. The standard InChI is InChI=1S/C19H24ClN3O4/c1-13(24)21-8-10-22(11-9-21)17(25)6-7-23-15-12-14(20)4-5-16(15)27-19(2,3)18(23)26/h4-5,12H,6-11H2,1-3H3. The van der Waals surface area contributed by atoms with Crippen LogP contribution in [0.3, 0.4) is 0 Å². The molecule has 1 saturated heterocycles. The van der Waals surface area contributed by atoms with Gasteiger partial charge in [0.25, 0.3) is 5.91 Å². The van der Waals surface area contributed by atoms with Crippen molar-refractivity contribution in [2.24, 2.45) is 0 Å². The number of carbonyl (C=O) groups excluding carboxylic acids is 3. The van der Waals surface area contributed by atoms with Crippen LogP contribution in [0, 0.1) is 0 Å². The van der Waals surface area contributed by atoms with Gasteiger partial charge in [-0.15, -0.1) is 0 Å². The fourth-order valence-corrected chi connectivity index (χ4v) is 3.57. The molecule has 0 spiro atoms. The number of piperazine rings is 1. The Kier molecular flexibility index (Phi) is 5.33.